The van der Waals surface area contributed by atoms with Crippen LogP contribution in [0.5, 0.6) is 5.75 Å². The van der Waals surface area contributed by atoms with Crippen molar-refractivity contribution in [3.63, 3.8) is 0 Å². The Hall–Kier alpha value is -2.90. The normalized spacial score (nSPS) is 16.6. The fraction of sp³-hybridized carbons (Fsp3) is 0.500. The van der Waals surface area contributed by atoms with Crippen molar-refractivity contribution in [2.24, 2.45) is 0 Å². The molecule has 8 heteroatoms. The molecule has 1 unspecified atom stereocenters. The van der Waals surface area contributed by atoms with Crippen molar-refractivity contribution in [1.82, 2.24) is 15.1 Å². The first kappa shape index (κ1) is 19.9. The summed E-state index contributed by atoms with van der Waals surface area (Å²) in [5.74, 6) is 1.27. The average molecular weight is 387 g/mol. The van der Waals surface area contributed by atoms with Crippen LogP contribution >= 0.6 is 0 Å². The number of aromatic nitrogens is 2. The predicted molar refractivity (Wildman–Crippen MR) is 99.5 cm³/mol. The number of esters is 1. The molecule has 1 saturated heterocycles. The highest BCUT2D eigenvalue weighted by molar-refractivity contribution is 5.81. The number of ether oxygens (including phenoxy) is 2. The van der Waals surface area contributed by atoms with Crippen LogP contribution in [-0.2, 0) is 20.9 Å². The van der Waals surface area contributed by atoms with E-state index in [1.807, 2.05) is 30.3 Å². The van der Waals surface area contributed by atoms with Gasteiger partial charge in [0.25, 0.3) is 5.89 Å². The van der Waals surface area contributed by atoms with Crippen molar-refractivity contribution in [2.75, 3.05) is 19.7 Å². The largest absolute Gasteiger partial charge is 0.484 e. The lowest BCUT2D eigenvalue weighted by Gasteiger charge is -2.31. The van der Waals surface area contributed by atoms with E-state index in [1.54, 1.807) is 11.8 Å². The van der Waals surface area contributed by atoms with Crippen LogP contribution in [0.4, 0.5) is 0 Å². The molecule has 8 nitrogen and oxygen atoms in total. The first-order valence-corrected chi connectivity index (χ1v) is 9.59. The van der Waals surface area contributed by atoms with Gasteiger partial charge in [0.1, 0.15) is 5.75 Å². The third kappa shape index (κ3) is 5.55. The van der Waals surface area contributed by atoms with Gasteiger partial charge in [-0.25, -0.2) is 0 Å². The van der Waals surface area contributed by atoms with Gasteiger partial charge in [-0.2, -0.15) is 0 Å². The summed E-state index contributed by atoms with van der Waals surface area (Å²) in [7, 11) is 0. The van der Waals surface area contributed by atoms with Crippen molar-refractivity contribution < 1.29 is 23.5 Å². The quantitative estimate of drug-likeness (QED) is 0.643. The Bertz CT molecular complexity index is 777. The minimum absolute atomic E-state index is 0.00160. The van der Waals surface area contributed by atoms with Gasteiger partial charge in [0.2, 0.25) is 11.8 Å². The monoisotopic (exact) mass is 387 g/mol. The zero-order chi connectivity index (χ0) is 19.8. The van der Waals surface area contributed by atoms with Crippen LogP contribution < -0.4 is 4.74 Å². The lowest BCUT2D eigenvalue weighted by atomic mass is 9.97. The summed E-state index contributed by atoms with van der Waals surface area (Å²) in [6, 6.07) is 9.42. The molecule has 1 aliphatic heterocycles. The Morgan fingerprint density at radius 2 is 2.04 bits per heavy atom. The van der Waals surface area contributed by atoms with E-state index in [9.17, 15) is 9.59 Å². The van der Waals surface area contributed by atoms with Gasteiger partial charge >= 0.3 is 5.97 Å². The Morgan fingerprint density at radius 1 is 1.21 bits per heavy atom. The summed E-state index contributed by atoms with van der Waals surface area (Å²) in [5, 5.41) is 8.19. The van der Waals surface area contributed by atoms with Crippen molar-refractivity contribution in [1.29, 1.82) is 0 Å². The highest BCUT2D eigenvalue weighted by Gasteiger charge is 2.28. The van der Waals surface area contributed by atoms with Gasteiger partial charge in [0, 0.05) is 19.5 Å². The van der Waals surface area contributed by atoms with Crippen molar-refractivity contribution in [2.45, 2.75) is 45.1 Å². The summed E-state index contributed by atoms with van der Waals surface area (Å²) in [6.07, 6.45) is 2.00. The van der Waals surface area contributed by atoms with E-state index >= 15 is 0 Å². The standard InChI is InChI=1S/C20H25N3O5/c1-2-26-19(25)11-10-18(24)23-12-6-7-15(13-23)20-22-21-17(28-20)14-27-16-8-4-3-5-9-16/h3-5,8-9,15H,2,6-7,10-14H2,1H3. The van der Waals surface area contributed by atoms with Gasteiger partial charge in [0.05, 0.1) is 18.9 Å². The Labute approximate surface area is 163 Å². The molecule has 0 saturated carbocycles. The minimum atomic E-state index is -0.343. The lowest BCUT2D eigenvalue weighted by molar-refractivity contribution is -0.146. The minimum Gasteiger partial charge on any atom is -0.484 e. The second-order valence-corrected chi connectivity index (χ2v) is 6.62. The molecular weight excluding hydrogens is 362 g/mol. The average Bonchev–Trinajstić information content (AvgIpc) is 3.21. The number of amides is 1. The summed E-state index contributed by atoms with van der Waals surface area (Å²) >= 11 is 0. The zero-order valence-corrected chi connectivity index (χ0v) is 16.0. The molecule has 2 aromatic rings. The number of carbonyl (C=O) groups excluding carboxylic acids is 2. The lowest BCUT2D eigenvalue weighted by Crippen LogP contribution is -2.39. The van der Waals surface area contributed by atoms with Crippen LogP contribution in [0.1, 0.15) is 50.3 Å². The summed E-state index contributed by atoms with van der Waals surface area (Å²) < 4.78 is 16.2. The number of carbonyl (C=O) groups is 2. The Kier molecular flexibility index (Phi) is 7.00. The first-order valence-electron chi connectivity index (χ1n) is 9.59. The fourth-order valence-corrected chi connectivity index (χ4v) is 3.16. The van der Waals surface area contributed by atoms with Gasteiger partial charge in [-0.05, 0) is 31.9 Å². The van der Waals surface area contributed by atoms with Crippen molar-refractivity contribution >= 4 is 11.9 Å². The third-order valence-electron chi connectivity index (χ3n) is 4.56. The predicted octanol–water partition coefficient (Wildman–Crippen LogP) is 2.70. The van der Waals surface area contributed by atoms with Crippen LogP contribution in [0.2, 0.25) is 0 Å². The molecule has 0 radical (unpaired) electrons. The Balaban J connectivity index is 1.50. The van der Waals surface area contributed by atoms with Crippen molar-refractivity contribution in [3.8, 4) is 5.75 Å². The first-order chi connectivity index (χ1) is 13.7. The maximum atomic E-state index is 12.4. The van der Waals surface area contributed by atoms with E-state index in [-0.39, 0.29) is 37.2 Å². The zero-order valence-electron chi connectivity index (χ0n) is 16.0. The third-order valence-corrected chi connectivity index (χ3v) is 4.56. The molecule has 0 bridgehead atoms. The van der Waals surface area contributed by atoms with E-state index in [0.717, 1.165) is 18.6 Å². The van der Waals surface area contributed by atoms with Crippen LogP contribution in [-0.4, -0.2) is 46.7 Å². The van der Waals surface area contributed by atoms with Crippen LogP contribution in [0.25, 0.3) is 0 Å². The van der Waals surface area contributed by atoms with Gasteiger partial charge in [-0.15, -0.1) is 10.2 Å². The number of piperidine rings is 1. The molecule has 1 aliphatic rings. The fourth-order valence-electron chi connectivity index (χ4n) is 3.16. The molecule has 1 aromatic carbocycles. The number of hydrogen-bond acceptors (Lipinski definition) is 7. The number of hydrogen-bond donors (Lipinski definition) is 0. The molecule has 0 N–H and O–H groups in total. The molecule has 0 aliphatic carbocycles. The molecule has 1 aromatic heterocycles. The molecule has 28 heavy (non-hydrogen) atoms. The number of benzene rings is 1. The van der Waals surface area contributed by atoms with E-state index in [0.29, 0.717) is 31.5 Å². The summed E-state index contributed by atoms with van der Waals surface area (Å²) in [4.78, 5) is 25.6. The molecule has 1 atom stereocenters. The number of likely N-dealkylation sites (tertiary alicyclic amines) is 1. The SMILES string of the molecule is CCOC(=O)CCC(=O)N1CCCC(c2nnc(COc3ccccc3)o2)C1. The topological polar surface area (TPSA) is 94.8 Å². The highest BCUT2D eigenvalue weighted by Crippen LogP contribution is 2.26. The van der Waals surface area contributed by atoms with Crippen LogP contribution in [0.3, 0.4) is 0 Å². The van der Waals surface area contributed by atoms with Crippen LogP contribution in [0.15, 0.2) is 34.7 Å². The van der Waals surface area contributed by atoms with Gasteiger partial charge in [-0.3, -0.25) is 9.59 Å². The Morgan fingerprint density at radius 3 is 2.82 bits per heavy atom. The number of para-hydroxylation sites is 1. The maximum absolute atomic E-state index is 12.4. The second kappa shape index (κ2) is 9.87. The van der Waals surface area contributed by atoms with Gasteiger partial charge in [0.15, 0.2) is 6.61 Å². The smallest absolute Gasteiger partial charge is 0.306 e. The van der Waals surface area contributed by atoms with E-state index in [1.165, 1.54) is 0 Å². The molecule has 2 heterocycles. The van der Waals surface area contributed by atoms with Gasteiger partial charge in [-0.1, -0.05) is 18.2 Å². The van der Waals surface area contributed by atoms with Gasteiger partial charge < -0.3 is 18.8 Å². The molecule has 1 fully saturated rings. The highest BCUT2D eigenvalue weighted by atomic mass is 16.5. The summed E-state index contributed by atoms with van der Waals surface area (Å²) in [5.41, 5.74) is 0. The van der Waals surface area contributed by atoms with E-state index < -0.39 is 0 Å². The number of rotatable bonds is 8. The van der Waals surface area contributed by atoms with E-state index in [4.69, 9.17) is 13.9 Å². The second-order valence-electron chi connectivity index (χ2n) is 6.62. The molecular formula is C20H25N3O5. The molecule has 150 valence electrons. The molecule has 3 rings (SSSR count). The molecule has 1 amide bonds. The van der Waals surface area contributed by atoms with E-state index in [2.05, 4.69) is 10.2 Å². The summed E-state index contributed by atoms with van der Waals surface area (Å²) in [6.45, 7) is 3.47. The van der Waals surface area contributed by atoms with Crippen molar-refractivity contribution in [3.05, 3.63) is 42.1 Å². The molecule has 0 spiro atoms. The number of nitrogens with zero attached hydrogens (tertiary/aromatic N) is 3. The van der Waals surface area contributed by atoms with Crippen LogP contribution in [0, 0.1) is 0 Å². The maximum Gasteiger partial charge on any atom is 0.306 e.